The topological polar surface area (TPSA) is 39.1 Å². The molecule has 1 rings (SSSR count). The second kappa shape index (κ2) is 6.06. The van der Waals surface area contributed by atoms with Gasteiger partial charge in [0, 0.05) is 28.2 Å². The largest absolute Gasteiger partial charge is 0.386 e. The third-order valence-corrected chi connectivity index (χ3v) is 2.86. The van der Waals surface area contributed by atoms with E-state index in [0.29, 0.717) is 6.54 Å². The third kappa shape index (κ3) is 4.56. The van der Waals surface area contributed by atoms with Crippen molar-refractivity contribution in [3.05, 3.63) is 35.4 Å². The summed E-state index contributed by atoms with van der Waals surface area (Å²) in [6.07, 6.45) is 0. The van der Waals surface area contributed by atoms with E-state index in [9.17, 15) is 5.11 Å². The van der Waals surface area contributed by atoms with Crippen LogP contribution in [0.5, 0.6) is 0 Å². The number of guanidine groups is 1. The molecular weight excluding hydrogens is 238 g/mol. The van der Waals surface area contributed by atoms with Crippen molar-refractivity contribution in [3.8, 4) is 0 Å². The monoisotopic (exact) mass is 263 g/mol. The van der Waals surface area contributed by atoms with Gasteiger partial charge >= 0.3 is 0 Å². The van der Waals surface area contributed by atoms with Crippen LogP contribution in [0.2, 0.25) is 0 Å². The second-order valence-corrected chi connectivity index (χ2v) is 5.66. The number of aliphatic imine (C=N–C) groups is 1. The fraction of sp³-hybridized carbons (Fsp3) is 0.533. The predicted octanol–water partition coefficient (Wildman–Crippen LogP) is 1.89. The van der Waals surface area contributed by atoms with Gasteiger partial charge in [-0.1, -0.05) is 24.3 Å². The molecule has 1 N–H and O–H groups in total. The van der Waals surface area contributed by atoms with Gasteiger partial charge in [0.25, 0.3) is 0 Å². The highest BCUT2D eigenvalue weighted by atomic mass is 16.3. The quantitative estimate of drug-likeness (QED) is 0.668. The van der Waals surface area contributed by atoms with Crippen molar-refractivity contribution in [2.45, 2.75) is 26.0 Å². The lowest BCUT2D eigenvalue weighted by atomic mass is 9.97. The Balaban J connectivity index is 2.81. The third-order valence-electron chi connectivity index (χ3n) is 2.86. The summed E-state index contributed by atoms with van der Waals surface area (Å²) in [5.41, 5.74) is 1.26. The number of nitrogens with zero attached hydrogens (tertiary/aromatic N) is 3. The van der Waals surface area contributed by atoms with Crippen LogP contribution < -0.4 is 0 Å². The molecule has 0 aromatic heterocycles. The Morgan fingerprint density at radius 3 is 1.89 bits per heavy atom. The molecule has 0 atom stereocenters. The van der Waals surface area contributed by atoms with Crippen LogP contribution in [0, 0.1) is 0 Å². The molecule has 0 aliphatic heterocycles. The molecule has 0 unspecified atom stereocenters. The Bertz CT molecular complexity index is 418. The molecular formula is C15H25N3O. The molecule has 0 amide bonds. The molecule has 0 saturated carbocycles. The van der Waals surface area contributed by atoms with Gasteiger partial charge in [0.15, 0.2) is 5.96 Å². The Morgan fingerprint density at radius 2 is 1.53 bits per heavy atom. The van der Waals surface area contributed by atoms with Gasteiger partial charge in [-0.15, -0.1) is 0 Å². The van der Waals surface area contributed by atoms with E-state index in [2.05, 4.69) is 4.99 Å². The number of hydrogen-bond donors (Lipinski definition) is 1. The van der Waals surface area contributed by atoms with Crippen LogP contribution in [0.25, 0.3) is 0 Å². The number of rotatable bonds is 3. The maximum atomic E-state index is 9.90. The van der Waals surface area contributed by atoms with Crippen LogP contribution in [-0.2, 0) is 12.1 Å². The molecule has 0 fully saturated rings. The molecule has 0 radical (unpaired) electrons. The summed E-state index contributed by atoms with van der Waals surface area (Å²) in [5.74, 6) is 0.937. The van der Waals surface area contributed by atoms with Gasteiger partial charge in [0.2, 0.25) is 0 Å². The molecule has 106 valence electrons. The first-order valence-electron chi connectivity index (χ1n) is 6.42. The zero-order chi connectivity index (χ0) is 14.6. The summed E-state index contributed by atoms with van der Waals surface area (Å²) in [6, 6.07) is 7.94. The summed E-state index contributed by atoms with van der Waals surface area (Å²) in [5, 5.41) is 9.90. The van der Waals surface area contributed by atoms with Gasteiger partial charge in [-0.3, -0.25) is 0 Å². The maximum Gasteiger partial charge on any atom is 0.195 e. The van der Waals surface area contributed by atoms with E-state index < -0.39 is 5.60 Å². The predicted molar refractivity (Wildman–Crippen MR) is 80.2 cm³/mol. The van der Waals surface area contributed by atoms with Gasteiger partial charge < -0.3 is 14.9 Å². The maximum absolute atomic E-state index is 9.90. The van der Waals surface area contributed by atoms with Crippen LogP contribution in [0.1, 0.15) is 25.0 Å². The lowest BCUT2D eigenvalue weighted by molar-refractivity contribution is 0.0786. The van der Waals surface area contributed by atoms with E-state index in [1.165, 1.54) is 0 Å². The number of benzene rings is 1. The first-order valence-corrected chi connectivity index (χ1v) is 6.42. The molecule has 0 heterocycles. The number of aliphatic hydroxyl groups is 1. The van der Waals surface area contributed by atoms with Crippen molar-refractivity contribution in [3.63, 3.8) is 0 Å². The molecule has 0 spiro atoms. The van der Waals surface area contributed by atoms with Crippen molar-refractivity contribution >= 4 is 5.96 Å². The fourth-order valence-electron chi connectivity index (χ4n) is 1.86. The minimum atomic E-state index is -0.791. The summed E-state index contributed by atoms with van der Waals surface area (Å²) in [4.78, 5) is 8.57. The van der Waals surface area contributed by atoms with Gasteiger partial charge in [-0.25, -0.2) is 4.99 Å². The van der Waals surface area contributed by atoms with E-state index >= 15 is 0 Å². The smallest absolute Gasteiger partial charge is 0.195 e. The summed E-state index contributed by atoms with van der Waals surface area (Å²) < 4.78 is 0. The molecule has 0 aliphatic carbocycles. The first kappa shape index (κ1) is 15.5. The van der Waals surface area contributed by atoms with E-state index in [4.69, 9.17) is 0 Å². The van der Waals surface area contributed by atoms with E-state index in [1.807, 2.05) is 62.3 Å². The average molecular weight is 263 g/mol. The van der Waals surface area contributed by atoms with Crippen molar-refractivity contribution in [1.29, 1.82) is 0 Å². The van der Waals surface area contributed by atoms with Crippen LogP contribution in [-0.4, -0.2) is 49.1 Å². The van der Waals surface area contributed by atoms with E-state index in [0.717, 1.165) is 17.1 Å². The van der Waals surface area contributed by atoms with Gasteiger partial charge in [0.1, 0.15) is 0 Å². The average Bonchev–Trinajstić information content (AvgIpc) is 2.27. The zero-order valence-corrected chi connectivity index (χ0v) is 12.8. The minimum absolute atomic E-state index is 0.637. The lowest BCUT2D eigenvalue weighted by Crippen LogP contribution is -2.35. The van der Waals surface area contributed by atoms with Gasteiger partial charge in [-0.2, -0.15) is 0 Å². The molecule has 0 bridgehead atoms. The summed E-state index contributed by atoms with van der Waals surface area (Å²) >= 11 is 0. The highest BCUT2D eigenvalue weighted by Crippen LogP contribution is 2.19. The van der Waals surface area contributed by atoms with Gasteiger partial charge in [0.05, 0.1) is 12.1 Å². The zero-order valence-electron chi connectivity index (χ0n) is 12.8. The Morgan fingerprint density at radius 1 is 1.05 bits per heavy atom. The molecule has 1 aromatic carbocycles. The Labute approximate surface area is 116 Å². The second-order valence-electron chi connectivity index (χ2n) is 5.66. The van der Waals surface area contributed by atoms with Crippen LogP contribution in [0.3, 0.4) is 0 Å². The molecule has 0 aliphatic rings. The van der Waals surface area contributed by atoms with Crippen LogP contribution in [0.15, 0.2) is 29.3 Å². The highest BCUT2D eigenvalue weighted by molar-refractivity contribution is 5.79. The lowest BCUT2D eigenvalue weighted by Gasteiger charge is -2.22. The standard InChI is InChI=1S/C15H25N3O/c1-15(2,19)13-9-7-12(8-10-13)11-16-14(17(3)4)18(5)6/h7-10,19H,11H2,1-6H3. The fourth-order valence-corrected chi connectivity index (χ4v) is 1.86. The minimum Gasteiger partial charge on any atom is -0.386 e. The molecule has 0 saturated heterocycles. The Kier molecular flexibility index (Phi) is 4.95. The van der Waals surface area contributed by atoms with Crippen molar-refractivity contribution < 1.29 is 5.11 Å². The summed E-state index contributed by atoms with van der Waals surface area (Å²) in [7, 11) is 7.93. The van der Waals surface area contributed by atoms with E-state index in [-0.39, 0.29) is 0 Å². The summed E-state index contributed by atoms with van der Waals surface area (Å²) in [6.45, 7) is 4.21. The Hall–Kier alpha value is -1.55. The molecule has 4 nitrogen and oxygen atoms in total. The molecule has 4 heteroatoms. The van der Waals surface area contributed by atoms with Crippen molar-refractivity contribution in [2.75, 3.05) is 28.2 Å². The SMILES string of the molecule is CN(C)C(=NCc1ccc(C(C)(C)O)cc1)N(C)C. The normalized spacial score (nSPS) is 11.1. The number of hydrogen-bond acceptors (Lipinski definition) is 2. The van der Waals surface area contributed by atoms with Crippen LogP contribution in [0.4, 0.5) is 0 Å². The highest BCUT2D eigenvalue weighted by Gasteiger charge is 2.15. The molecule has 19 heavy (non-hydrogen) atoms. The van der Waals surface area contributed by atoms with Crippen molar-refractivity contribution in [1.82, 2.24) is 9.80 Å². The molecule has 1 aromatic rings. The van der Waals surface area contributed by atoms with Crippen LogP contribution >= 0.6 is 0 Å². The van der Waals surface area contributed by atoms with E-state index in [1.54, 1.807) is 13.8 Å². The first-order chi connectivity index (χ1) is 8.71. The van der Waals surface area contributed by atoms with Crippen molar-refractivity contribution in [2.24, 2.45) is 4.99 Å². The van der Waals surface area contributed by atoms with Gasteiger partial charge in [-0.05, 0) is 25.0 Å².